The summed E-state index contributed by atoms with van der Waals surface area (Å²) in [4.78, 5) is 36.6. The molecule has 1 aliphatic heterocycles. The van der Waals surface area contributed by atoms with E-state index >= 15 is 0 Å². The summed E-state index contributed by atoms with van der Waals surface area (Å²) in [6, 6.07) is 6.62. The molecule has 1 aromatic rings. The molecule has 112 valence electrons. The van der Waals surface area contributed by atoms with Crippen LogP contribution in [-0.2, 0) is 14.3 Å². The van der Waals surface area contributed by atoms with E-state index in [-0.39, 0.29) is 24.9 Å². The van der Waals surface area contributed by atoms with Crippen LogP contribution in [0, 0.1) is 0 Å². The van der Waals surface area contributed by atoms with Gasteiger partial charge in [0.1, 0.15) is 0 Å². The highest BCUT2D eigenvalue weighted by molar-refractivity contribution is 6.01. The van der Waals surface area contributed by atoms with Crippen molar-refractivity contribution in [3.8, 4) is 0 Å². The molecule has 0 spiro atoms. The zero-order valence-electron chi connectivity index (χ0n) is 11.7. The molecule has 2 N–H and O–H groups in total. The number of hydrogen-bond acceptors (Lipinski definition) is 5. The van der Waals surface area contributed by atoms with Gasteiger partial charge in [0.15, 0.2) is 0 Å². The first kappa shape index (κ1) is 15.0. The molecule has 7 nitrogen and oxygen atoms in total. The van der Waals surface area contributed by atoms with Crippen LogP contribution >= 0.6 is 0 Å². The molecule has 0 bridgehead atoms. The van der Waals surface area contributed by atoms with E-state index in [4.69, 9.17) is 0 Å². The molecule has 1 aliphatic rings. The minimum atomic E-state index is -0.511. The summed E-state index contributed by atoms with van der Waals surface area (Å²) in [5, 5.41) is 5.37. The van der Waals surface area contributed by atoms with Crippen molar-refractivity contribution in [1.82, 2.24) is 10.2 Å². The van der Waals surface area contributed by atoms with Gasteiger partial charge in [-0.3, -0.25) is 14.5 Å². The monoisotopic (exact) mass is 291 g/mol. The molecule has 1 saturated heterocycles. The van der Waals surface area contributed by atoms with Crippen LogP contribution in [0.1, 0.15) is 10.4 Å². The number of methoxy groups -OCH3 is 1. The Morgan fingerprint density at radius 1 is 1.38 bits per heavy atom. The zero-order chi connectivity index (χ0) is 15.2. The van der Waals surface area contributed by atoms with Gasteiger partial charge in [0, 0.05) is 13.1 Å². The van der Waals surface area contributed by atoms with Crippen LogP contribution in [0.2, 0.25) is 0 Å². The number of para-hydroxylation sites is 1. The SMILES string of the molecule is COC(=O)c1ccccc1NC(=O)CN1CCNC(=O)C1. The summed E-state index contributed by atoms with van der Waals surface area (Å²) in [6.07, 6.45) is 0. The Kier molecular flexibility index (Phi) is 4.89. The lowest BCUT2D eigenvalue weighted by atomic mass is 10.2. The molecule has 0 atom stereocenters. The molecule has 21 heavy (non-hydrogen) atoms. The molecule has 2 rings (SSSR count). The molecule has 1 heterocycles. The highest BCUT2D eigenvalue weighted by atomic mass is 16.5. The van der Waals surface area contributed by atoms with E-state index in [2.05, 4.69) is 15.4 Å². The van der Waals surface area contributed by atoms with E-state index in [9.17, 15) is 14.4 Å². The minimum absolute atomic E-state index is 0.0935. The minimum Gasteiger partial charge on any atom is -0.465 e. The van der Waals surface area contributed by atoms with E-state index in [1.54, 1.807) is 29.2 Å². The molecule has 0 unspecified atom stereocenters. The third-order valence-electron chi connectivity index (χ3n) is 3.09. The van der Waals surface area contributed by atoms with Crippen molar-refractivity contribution in [2.75, 3.05) is 38.6 Å². The molecule has 7 heteroatoms. The average Bonchev–Trinajstić information content (AvgIpc) is 2.47. The second kappa shape index (κ2) is 6.85. The Balaban J connectivity index is 1.99. The Bertz CT molecular complexity index is 559. The molecule has 1 aromatic carbocycles. The van der Waals surface area contributed by atoms with Crippen molar-refractivity contribution in [3.63, 3.8) is 0 Å². The summed E-state index contributed by atoms with van der Waals surface area (Å²) in [7, 11) is 1.28. The molecule has 2 amide bonds. The summed E-state index contributed by atoms with van der Waals surface area (Å²) >= 11 is 0. The number of benzene rings is 1. The lowest BCUT2D eigenvalue weighted by molar-refractivity contribution is -0.125. The first-order chi connectivity index (χ1) is 10.1. The fourth-order valence-corrected chi connectivity index (χ4v) is 2.10. The van der Waals surface area contributed by atoms with E-state index in [1.807, 2.05) is 0 Å². The van der Waals surface area contributed by atoms with Gasteiger partial charge in [0.2, 0.25) is 11.8 Å². The normalized spacial score (nSPS) is 15.2. The van der Waals surface area contributed by atoms with Crippen molar-refractivity contribution in [3.05, 3.63) is 29.8 Å². The standard InChI is InChI=1S/C14H17N3O4/c1-21-14(20)10-4-2-3-5-11(10)16-13(19)9-17-7-6-15-12(18)8-17/h2-5H,6-9H2,1H3,(H,15,18)(H,16,19). The van der Waals surface area contributed by atoms with Crippen molar-refractivity contribution in [2.24, 2.45) is 0 Å². The number of anilines is 1. The molecule has 0 aliphatic carbocycles. The predicted octanol–water partition coefficient (Wildman–Crippen LogP) is -0.157. The van der Waals surface area contributed by atoms with Crippen molar-refractivity contribution < 1.29 is 19.1 Å². The lowest BCUT2D eigenvalue weighted by Crippen LogP contribution is -2.49. The van der Waals surface area contributed by atoms with E-state index < -0.39 is 5.97 Å². The number of nitrogens with zero attached hydrogens (tertiary/aromatic N) is 1. The maximum atomic E-state index is 12.0. The van der Waals surface area contributed by atoms with Crippen molar-refractivity contribution in [2.45, 2.75) is 0 Å². The van der Waals surface area contributed by atoms with Crippen molar-refractivity contribution in [1.29, 1.82) is 0 Å². The van der Waals surface area contributed by atoms with Crippen LogP contribution in [0.3, 0.4) is 0 Å². The number of ether oxygens (including phenoxy) is 1. The maximum absolute atomic E-state index is 12.0. The Morgan fingerprint density at radius 2 is 2.14 bits per heavy atom. The number of piperazine rings is 1. The maximum Gasteiger partial charge on any atom is 0.339 e. The van der Waals surface area contributed by atoms with Gasteiger partial charge in [0.05, 0.1) is 31.5 Å². The zero-order valence-corrected chi connectivity index (χ0v) is 11.7. The second-order valence-corrected chi connectivity index (χ2v) is 4.65. The van der Waals surface area contributed by atoms with Gasteiger partial charge in [-0.15, -0.1) is 0 Å². The van der Waals surface area contributed by atoms with Crippen LogP contribution in [0.5, 0.6) is 0 Å². The molecule has 1 fully saturated rings. The lowest BCUT2D eigenvalue weighted by Gasteiger charge is -2.25. The number of carbonyl (C=O) groups excluding carboxylic acids is 3. The number of hydrogen-bond donors (Lipinski definition) is 2. The highest BCUT2D eigenvalue weighted by Gasteiger charge is 2.19. The summed E-state index contributed by atoms with van der Waals surface area (Å²) in [5.74, 6) is -0.881. The number of nitrogens with one attached hydrogen (secondary N) is 2. The van der Waals surface area contributed by atoms with Crippen LogP contribution in [0.25, 0.3) is 0 Å². The summed E-state index contributed by atoms with van der Waals surface area (Å²) < 4.78 is 4.67. The van der Waals surface area contributed by atoms with E-state index in [1.165, 1.54) is 7.11 Å². The van der Waals surface area contributed by atoms with E-state index in [0.717, 1.165) is 0 Å². The third kappa shape index (κ3) is 4.03. The number of carbonyl (C=O) groups is 3. The Labute approximate surface area is 122 Å². The fraction of sp³-hybridized carbons (Fsp3) is 0.357. The van der Waals surface area contributed by atoms with Gasteiger partial charge in [-0.1, -0.05) is 12.1 Å². The second-order valence-electron chi connectivity index (χ2n) is 4.65. The van der Waals surface area contributed by atoms with Gasteiger partial charge in [0.25, 0.3) is 0 Å². The van der Waals surface area contributed by atoms with Gasteiger partial charge in [-0.25, -0.2) is 4.79 Å². The largest absolute Gasteiger partial charge is 0.465 e. The molecule has 0 saturated carbocycles. The summed E-state index contributed by atoms with van der Waals surface area (Å²) in [6.45, 7) is 1.46. The predicted molar refractivity (Wildman–Crippen MR) is 75.9 cm³/mol. The quantitative estimate of drug-likeness (QED) is 0.753. The smallest absolute Gasteiger partial charge is 0.339 e. The molecular weight excluding hydrogens is 274 g/mol. The Hall–Kier alpha value is -2.41. The average molecular weight is 291 g/mol. The first-order valence-corrected chi connectivity index (χ1v) is 6.56. The van der Waals surface area contributed by atoms with E-state index in [0.29, 0.717) is 24.3 Å². The third-order valence-corrected chi connectivity index (χ3v) is 3.09. The number of amides is 2. The number of rotatable bonds is 4. The van der Waals surface area contributed by atoms with Crippen molar-refractivity contribution >= 4 is 23.5 Å². The fourth-order valence-electron chi connectivity index (χ4n) is 2.10. The van der Waals surface area contributed by atoms with Gasteiger partial charge >= 0.3 is 5.97 Å². The highest BCUT2D eigenvalue weighted by Crippen LogP contribution is 2.16. The Morgan fingerprint density at radius 3 is 2.86 bits per heavy atom. The topological polar surface area (TPSA) is 87.7 Å². The van der Waals surface area contributed by atoms with Gasteiger partial charge in [-0.2, -0.15) is 0 Å². The van der Waals surface area contributed by atoms with Gasteiger partial charge in [-0.05, 0) is 12.1 Å². The van der Waals surface area contributed by atoms with Crippen LogP contribution < -0.4 is 10.6 Å². The molecule has 0 radical (unpaired) electrons. The van der Waals surface area contributed by atoms with Crippen LogP contribution in [0.15, 0.2) is 24.3 Å². The molecular formula is C14H17N3O4. The van der Waals surface area contributed by atoms with Crippen LogP contribution in [-0.4, -0.2) is 56.0 Å². The first-order valence-electron chi connectivity index (χ1n) is 6.56. The van der Waals surface area contributed by atoms with Gasteiger partial charge < -0.3 is 15.4 Å². The van der Waals surface area contributed by atoms with Crippen LogP contribution in [0.4, 0.5) is 5.69 Å². The summed E-state index contributed by atoms with van der Waals surface area (Å²) in [5.41, 5.74) is 0.695. The number of esters is 1. The molecule has 0 aromatic heterocycles.